The number of carbonyl (C=O) groups excluding carboxylic acids is 1. The van der Waals surface area contributed by atoms with Crippen molar-refractivity contribution >= 4 is 27.5 Å². The Hall–Kier alpha value is -1.39. The van der Waals surface area contributed by atoms with E-state index < -0.39 is 10.0 Å². The molecule has 2 aliphatic heterocycles. The van der Waals surface area contributed by atoms with Crippen LogP contribution in [0.25, 0.3) is 0 Å². The molecule has 1 aromatic carbocycles. The van der Waals surface area contributed by atoms with E-state index in [9.17, 15) is 13.2 Å². The zero-order valence-corrected chi connectivity index (χ0v) is 16.4. The molecule has 1 aromatic rings. The van der Waals surface area contributed by atoms with Crippen LogP contribution in [0, 0.1) is 0 Å². The monoisotopic (exact) mass is 418 g/mol. The third-order valence-corrected chi connectivity index (χ3v) is 6.56. The molecule has 2 heterocycles. The fourth-order valence-corrected chi connectivity index (χ4v) is 4.76. The van der Waals surface area contributed by atoms with Crippen LogP contribution in [0.4, 0.5) is 0 Å². The first-order chi connectivity index (χ1) is 13.0. The van der Waals surface area contributed by atoms with Crippen LogP contribution in [-0.2, 0) is 24.3 Å². The van der Waals surface area contributed by atoms with Crippen molar-refractivity contribution in [2.24, 2.45) is 0 Å². The maximum atomic E-state index is 12.9. The Labute approximate surface area is 163 Å². The van der Waals surface area contributed by atoms with E-state index in [1.807, 2.05) is 0 Å². The fraction of sp³-hybridized carbons (Fsp3) is 0.588. The molecule has 1 amide bonds. The number of hydrogen-bond donors (Lipinski definition) is 1. The molecule has 0 spiro atoms. The molecule has 2 aliphatic rings. The van der Waals surface area contributed by atoms with E-state index in [2.05, 4.69) is 5.32 Å². The summed E-state index contributed by atoms with van der Waals surface area (Å²) in [5.41, 5.74) is 0. The van der Waals surface area contributed by atoms with E-state index >= 15 is 0 Å². The second kappa shape index (κ2) is 9.20. The Morgan fingerprint density at radius 1 is 1.30 bits per heavy atom. The minimum atomic E-state index is -3.80. The molecule has 8 nitrogen and oxygen atoms in total. The van der Waals surface area contributed by atoms with Gasteiger partial charge in [0.25, 0.3) is 5.91 Å². The number of ether oxygens (including phenoxy) is 3. The first kappa shape index (κ1) is 20.3. The zero-order valence-electron chi connectivity index (χ0n) is 14.9. The molecule has 150 valence electrons. The van der Waals surface area contributed by atoms with Gasteiger partial charge < -0.3 is 19.5 Å². The number of sulfonamides is 1. The number of amides is 1. The van der Waals surface area contributed by atoms with Gasteiger partial charge in [0.2, 0.25) is 10.0 Å². The standard InChI is InChI=1S/C17H23ClN2O6S/c18-13-3-4-15(26-12-17(21)19-11-14-2-1-7-25-14)16(10-13)27(22,23)20-5-8-24-9-6-20/h3-4,10,14H,1-2,5-9,11-12H2,(H,19,21)/t14-/m0/s1. The third-order valence-electron chi connectivity index (χ3n) is 4.40. The van der Waals surface area contributed by atoms with Gasteiger partial charge in [-0.15, -0.1) is 0 Å². The maximum absolute atomic E-state index is 12.9. The van der Waals surface area contributed by atoms with Crippen LogP contribution in [0.3, 0.4) is 0 Å². The van der Waals surface area contributed by atoms with E-state index in [1.165, 1.54) is 22.5 Å². The second-order valence-corrected chi connectivity index (χ2v) is 8.68. The van der Waals surface area contributed by atoms with Crippen LogP contribution in [-0.4, -0.2) is 70.8 Å². The maximum Gasteiger partial charge on any atom is 0.258 e. The Bertz CT molecular complexity index is 761. The molecule has 0 unspecified atom stereocenters. The van der Waals surface area contributed by atoms with Crippen molar-refractivity contribution in [1.82, 2.24) is 9.62 Å². The van der Waals surface area contributed by atoms with Crippen molar-refractivity contribution in [3.63, 3.8) is 0 Å². The summed E-state index contributed by atoms with van der Waals surface area (Å²) in [5, 5.41) is 3.01. The molecule has 3 rings (SSSR count). The van der Waals surface area contributed by atoms with Crippen LogP contribution >= 0.6 is 11.6 Å². The highest BCUT2D eigenvalue weighted by atomic mass is 35.5. The highest BCUT2D eigenvalue weighted by molar-refractivity contribution is 7.89. The van der Waals surface area contributed by atoms with Gasteiger partial charge in [0.1, 0.15) is 10.6 Å². The normalized spacial score (nSPS) is 21.1. The van der Waals surface area contributed by atoms with Gasteiger partial charge >= 0.3 is 0 Å². The number of morpholine rings is 1. The minimum absolute atomic E-state index is 0.0294. The molecule has 0 saturated carbocycles. The second-order valence-electron chi connectivity index (χ2n) is 6.34. The van der Waals surface area contributed by atoms with Crippen molar-refractivity contribution < 1.29 is 27.4 Å². The van der Waals surface area contributed by atoms with Gasteiger partial charge in [0.15, 0.2) is 6.61 Å². The van der Waals surface area contributed by atoms with E-state index in [1.54, 1.807) is 0 Å². The molecule has 0 aromatic heterocycles. The van der Waals surface area contributed by atoms with E-state index in [0.717, 1.165) is 12.8 Å². The predicted octanol–water partition coefficient (Wildman–Crippen LogP) is 1.03. The number of halogens is 1. The SMILES string of the molecule is O=C(COc1ccc(Cl)cc1S(=O)(=O)N1CCOCC1)NC[C@@H]1CCCO1. The minimum Gasteiger partial charge on any atom is -0.482 e. The summed E-state index contributed by atoms with van der Waals surface area (Å²) in [6, 6.07) is 4.33. The van der Waals surface area contributed by atoms with Gasteiger partial charge in [-0.3, -0.25) is 4.79 Å². The van der Waals surface area contributed by atoms with Crippen LogP contribution < -0.4 is 10.1 Å². The van der Waals surface area contributed by atoms with Gasteiger partial charge in [0.05, 0.1) is 19.3 Å². The van der Waals surface area contributed by atoms with Crippen molar-refractivity contribution in [3.8, 4) is 5.75 Å². The average Bonchev–Trinajstić information content (AvgIpc) is 3.19. The molecule has 27 heavy (non-hydrogen) atoms. The summed E-state index contributed by atoms with van der Waals surface area (Å²) in [6.45, 7) is 2.03. The molecule has 10 heteroatoms. The number of carbonyl (C=O) groups is 1. The van der Waals surface area contributed by atoms with Crippen LogP contribution in [0.5, 0.6) is 5.75 Å². The molecule has 1 N–H and O–H groups in total. The summed E-state index contributed by atoms with van der Waals surface area (Å²) >= 11 is 5.99. The molecule has 2 fully saturated rings. The van der Waals surface area contributed by atoms with Crippen molar-refractivity contribution in [3.05, 3.63) is 23.2 Å². The molecular formula is C17H23ClN2O6S. The summed E-state index contributed by atoms with van der Waals surface area (Å²) in [6.07, 6.45) is 1.94. The number of rotatable bonds is 7. The van der Waals surface area contributed by atoms with Gasteiger partial charge in [-0.1, -0.05) is 11.6 Å². The van der Waals surface area contributed by atoms with Gasteiger partial charge in [0, 0.05) is 31.3 Å². The predicted molar refractivity (Wildman–Crippen MR) is 98.5 cm³/mol. The van der Waals surface area contributed by atoms with Crippen LogP contribution in [0.15, 0.2) is 23.1 Å². The van der Waals surface area contributed by atoms with Gasteiger partial charge in [-0.2, -0.15) is 4.31 Å². The zero-order chi connectivity index (χ0) is 19.3. The van der Waals surface area contributed by atoms with Crippen molar-refractivity contribution in [1.29, 1.82) is 0 Å². The smallest absolute Gasteiger partial charge is 0.258 e. The average molecular weight is 419 g/mol. The fourth-order valence-electron chi connectivity index (χ4n) is 2.96. The Balaban J connectivity index is 1.65. The van der Waals surface area contributed by atoms with E-state index in [-0.39, 0.29) is 47.4 Å². The van der Waals surface area contributed by atoms with Crippen molar-refractivity contribution in [2.75, 3.05) is 46.1 Å². The topological polar surface area (TPSA) is 94.2 Å². The lowest BCUT2D eigenvalue weighted by Gasteiger charge is -2.26. The van der Waals surface area contributed by atoms with Crippen molar-refractivity contribution in [2.45, 2.75) is 23.8 Å². The lowest BCUT2D eigenvalue weighted by atomic mass is 10.2. The summed E-state index contributed by atoms with van der Waals surface area (Å²) in [5.74, 6) is -0.242. The number of nitrogens with zero attached hydrogens (tertiary/aromatic N) is 1. The quantitative estimate of drug-likeness (QED) is 0.710. The molecule has 2 saturated heterocycles. The van der Waals surface area contributed by atoms with Crippen LogP contribution in [0.2, 0.25) is 5.02 Å². The lowest BCUT2D eigenvalue weighted by Crippen LogP contribution is -2.40. The highest BCUT2D eigenvalue weighted by Gasteiger charge is 2.30. The van der Waals surface area contributed by atoms with Crippen LogP contribution in [0.1, 0.15) is 12.8 Å². The summed E-state index contributed by atoms with van der Waals surface area (Å²) in [4.78, 5) is 12.0. The molecule has 1 atom stereocenters. The number of hydrogen-bond acceptors (Lipinski definition) is 6. The highest BCUT2D eigenvalue weighted by Crippen LogP contribution is 2.30. The molecular weight excluding hydrogens is 396 g/mol. The van der Waals surface area contributed by atoms with Gasteiger partial charge in [-0.25, -0.2) is 8.42 Å². The lowest BCUT2D eigenvalue weighted by molar-refractivity contribution is -0.123. The van der Waals surface area contributed by atoms with Gasteiger partial charge in [-0.05, 0) is 31.0 Å². The Morgan fingerprint density at radius 2 is 2.07 bits per heavy atom. The Morgan fingerprint density at radius 3 is 2.78 bits per heavy atom. The summed E-state index contributed by atoms with van der Waals surface area (Å²) < 4.78 is 43.3. The largest absolute Gasteiger partial charge is 0.482 e. The van der Waals surface area contributed by atoms with E-state index in [4.69, 9.17) is 25.8 Å². The first-order valence-corrected chi connectivity index (χ1v) is 10.7. The summed E-state index contributed by atoms with van der Waals surface area (Å²) in [7, 11) is -3.80. The Kier molecular flexibility index (Phi) is 6.93. The third kappa shape index (κ3) is 5.32. The first-order valence-electron chi connectivity index (χ1n) is 8.85. The molecule has 0 aliphatic carbocycles. The number of nitrogens with one attached hydrogen (secondary N) is 1. The number of benzene rings is 1. The van der Waals surface area contributed by atoms with E-state index in [0.29, 0.717) is 26.4 Å². The molecule has 0 bridgehead atoms. The molecule has 0 radical (unpaired) electrons.